The van der Waals surface area contributed by atoms with E-state index in [0.717, 1.165) is 12.1 Å². The number of carbonyl (C=O) groups is 1. The zero-order valence-electron chi connectivity index (χ0n) is 13.2. The van der Waals surface area contributed by atoms with Crippen LogP contribution in [0.5, 0.6) is 0 Å². The van der Waals surface area contributed by atoms with Crippen LogP contribution >= 0.6 is 0 Å². The topological polar surface area (TPSA) is 99.0 Å². The van der Waals surface area contributed by atoms with Gasteiger partial charge in [-0.1, -0.05) is 12.1 Å². The van der Waals surface area contributed by atoms with Gasteiger partial charge < -0.3 is 15.8 Å². The number of rotatable bonds is 5. The molecule has 0 atom stereocenters. The number of benzene rings is 1. The van der Waals surface area contributed by atoms with Crippen LogP contribution < -0.4 is 5.32 Å². The molecule has 0 saturated heterocycles. The molecule has 1 aromatic carbocycles. The second-order valence-corrected chi connectivity index (χ2v) is 5.24. The largest absolute Gasteiger partial charge is 0.416 e. The number of nitrogens with one attached hydrogen (secondary N) is 2. The predicted octanol–water partition coefficient (Wildman–Crippen LogP) is 2.40. The van der Waals surface area contributed by atoms with Crippen molar-refractivity contribution in [1.82, 2.24) is 9.97 Å². The SMILES string of the molecule is CC(=O)Nc1cnc(Cc2ccc(C(F)(F)F)cc2)c(C(=N)CO)n1. The lowest BCUT2D eigenvalue weighted by atomic mass is 10.0. The van der Waals surface area contributed by atoms with E-state index in [1.807, 2.05) is 0 Å². The molecule has 0 bridgehead atoms. The summed E-state index contributed by atoms with van der Waals surface area (Å²) in [6.45, 7) is 0.701. The van der Waals surface area contributed by atoms with Crippen LogP contribution in [0.25, 0.3) is 0 Å². The summed E-state index contributed by atoms with van der Waals surface area (Å²) < 4.78 is 37.8. The first-order chi connectivity index (χ1) is 11.7. The zero-order chi connectivity index (χ0) is 18.6. The highest BCUT2D eigenvalue weighted by Gasteiger charge is 2.30. The molecule has 0 aliphatic carbocycles. The van der Waals surface area contributed by atoms with Gasteiger partial charge in [-0.2, -0.15) is 13.2 Å². The molecule has 0 saturated carbocycles. The van der Waals surface area contributed by atoms with Gasteiger partial charge in [0.25, 0.3) is 0 Å². The Hall–Kier alpha value is -2.81. The average molecular weight is 352 g/mol. The van der Waals surface area contributed by atoms with Gasteiger partial charge in [0.15, 0.2) is 5.82 Å². The first-order valence-corrected chi connectivity index (χ1v) is 7.19. The number of nitrogens with zero attached hydrogens (tertiary/aromatic N) is 2. The maximum Gasteiger partial charge on any atom is 0.416 e. The number of hydrogen-bond donors (Lipinski definition) is 3. The Morgan fingerprint density at radius 2 is 1.92 bits per heavy atom. The van der Waals surface area contributed by atoms with Crippen molar-refractivity contribution < 1.29 is 23.1 Å². The molecule has 0 unspecified atom stereocenters. The summed E-state index contributed by atoms with van der Waals surface area (Å²) >= 11 is 0. The fourth-order valence-corrected chi connectivity index (χ4v) is 2.11. The average Bonchev–Trinajstić information content (AvgIpc) is 2.54. The molecule has 1 aromatic heterocycles. The van der Waals surface area contributed by atoms with E-state index >= 15 is 0 Å². The Morgan fingerprint density at radius 3 is 2.44 bits per heavy atom. The Morgan fingerprint density at radius 1 is 1.28 bits per heavy atom. The molecular weight excluding hydrogens is 337 g/mol. The summed E-state index contributed by atoms with van der Waals surface area (Å²) in [6, 6.07) is 4.56. The smallest absolute Gasteiger partial charge is 0.390 e. The second-order valence-electron chi connectivity index (χ2n) is 5.24. The third kappa shape index (κ3) is 4.83. The maximum absolute atomic E-state index is 12.6. The van der Waals surface area contributed by atoms with Gasteiger partial charge in [-0.3, -0.25) is 9.78 Å². The molecule has 2 rings (SSSR count). The molecule has 1 amide bonds. The van der Waals surface area contributed by atoms with E-state index in [2.05, 4.69) is 15.3 Å². The van der Waals surface area contributed by atoms with Crippen LogP contribution in [-0.2, 0) is 17.4 Å². The number of aromatic nitrogens is 2. The summed E-state index contributed by atoms with van der Waals surface area (Å²) in [6.07, 6.45) is -3.00. The van der Waals surface area contributed by atoms with Crippen LogP contribution in [0, 0.1) is 5.41 Å². The van der Waals surface area contributed by atoms with Crippen molar-refractivity contribution in [1.29, 1.82) is 5.41 Å². The van der Waals surface area contributed by atoms with Gasteiger partial charge in [0.05, 0.1) is 29.8 Å². The third-order valence-electron chi connectivity index (χ3n) is 3.25. The van der Waals surface area contributed by atoms with Gasteiger partial charge in [-0.15, -0.1) is 0 Å². The van der Waals surface area contributed by atoms with E-state index in [4.69, 9.17) is 5.41 Å². The number of aliphatic hydroxyl groups is 1. The number of alkyl halides is 3. The van der Waals surface area contributed by atoms with E-state index in [9.17, 15) is 23.1 Å². The minimum absolute atomic E-state index is 0.0775. The van der Waals surface area contributed by atoms with Gasteiger partial charge in [-0.05, 0) is 17.7 Å². The number of amides is 1. The zero-order valence-corrected chi connectivity index (χ0v) is 13.2. The molecule has 0 aliphatic rings. The van der Waals surface area contributed by atoms with Gasteiger partial charge in [0.1, 0.15) is 5.69 Å². The Kier molecular flexibility index (Phi) is 5.48. The summed E-state index contributed by atoms with van der Waals surface area (Å²) in [5, 5.41) is 19.4. The minimum Gasteiger partial charge on any atom is -0.390 e. The molecule has 25 heavy (non-hydrogen) atoms. The second kappa shape index (κ2) is 7.39. The van der Waals surface area contributed by atoms with Crippen molar-refractivity contribution in [3.8, 4) is 0 Å². The number of halogens is 3. The molecule has 1 heterocycles. The molecule has 0 aliphatic heterocycles. The lowest BCUT2D eigenvalue weighted by molar-refractivity contribution is -0.137. The third-order valence-corrected chi connectivity index (χ3v) is 3.25. The molecule has 0 radical (unpaired) electrons. The van der Waals surface area contributed by atoms with Crippen molar-refractivity contribution in [2.24, 2.45) is 0 Å². The molecule has 3 N–H and O–H groups in total. The van der Waals surface area contributed by atoms with E-state index in [1.54, 1.807) is 0 Å². The Labute approximate surface area is 141 Å². The van der Waals surface area contributed by atoms with E-state index in [1.165, 1.54) is 25.3 Å². The molecule has 9 heteroatoms. The van der Waals surface area contributed by atoms with Gasteiger partial charge in [0.2, 0.25) is 5.91 Å². The quantitative estimate of drug-likeness (QED) is 0.720. The Bertz CT molecular complexity index is 789. The van der Waals surface area contributed by atoms with Gasteiger partial charge in [-0.25, -0.2) is 4.98 Å². The number of anilines is 1. The summed E-state index contributed by atoms with van der Waals surface area (Å²) in [5.41, 5.74) is -0.0311. The molecule has 0 spiro atoms. The van der Waals surface area contributed by atoms with E-state index in [0.29, 0.717) is 11.3 Å². The minimum atomic E-state index is -4.41. The standard InChI is InChI=1S/C16H15F3N4O2/c1-9(25)22-14-7-21-13(15(23-14)12(20)8-24)6-10-2-4-11(5-3-10)16(17,18)19/h2-5,7,20,24H,6,8H2,1H3,(H,22,23,25). The maximum atomic E-state index is 12.6. The highest BCUT2D eigenvalue weighted by molar-refractivity contribution is 5.99. The predicted molar refractivity (Wildman–Crippen MR) is 84.5 cm³/mol. The normalized spacial score (nSPS) is 11.2. The van der Waals surface area contributed by atoms with Gasteiger partial charge in [0, 0.05) is 13.3 Å². The van der Waals surface area contributed by atoms with Crippen LogP contribution in [0.2, 0.25) is 0 Å². The Balaban J connectivity index is 2.31. The van der Waals surface area contributed by atoms with Crippen LogP contribution in [0.1, 0.15) is 29.4 Å². The number of aliphatic hydroxyl groups excluding tert-OH is 1. The van der Waals surface area contributed by atoms with Gasteiger partial charge >= 0.3 is 6.18 Å². The first kappa shape index (κ1) is 18.5. The van der Waals surface area contributed by atoms with Crippen molar-refractivity contribution in [3.63, 3.8) is 0 Å². The van der Waals surface area contributed by atoms with Crippen LogP contribution in [0.3, 0.4) is 0 Å². The number of hydrogen-bond acceptors (Lipinski definition) is 5. The van der Waals surface area contributed by atoms with E-state index in [-0.39, 0.29) is 29.6 Å². The lowest BCUT2D eigenvalue weighted by Crippen LogP contribution is -2.16. The summed E-state index contributed by atoms with van der Waals surface area (Å²) in [5.74, 6) is -0.247. The molecule has 2 aromatic rings. The van der Waals surface area contributed by atoms with Crippen LogP contribution in [0.4, 0.5) is 19.0 Å². The number of carbonyl (C=O) groups excluding carboxylic acids is 1. The van der Waals surface area contributed by atoms with Crippen molar-refractivity contribution >= 4 is 17.4 Å². The van der Waals surface area contributed by atoms with Crippen LogP contribution in [-0.4, -0.2) is 33.3 Å². The van der Waals surface area contributed by atoms with Crippen LogP contribution in [0.15, 0.2) is 30.5 Å². The van der Waals surface area contributed by atoms with Crippen molar-refractivity contribution in [2.75, 3.05) is 11.9 Å². The van der Waals surface area contributed by atoms with E-state index < -0.39 is 18.3 Å². The fourth-order valence-electron chi connectivity index (χ4n) is 2.11. The van der Waals surface area contributed by atoms with Crippen molar-refractivity contribution in [2.45, 2.75) is 19.5 Å². The van der Waals surface area contributed by atoms with Crippen molar-refractivity contribution in [3.05, 3.63) is 53.0 Å². The molecular formula is C16H15F3N4O2. The summed E-state index contributed by atoms with van der Waals surface area (Å²) in [4.78, 5) is 19.3. The monoisotopic (exact) mass is 352 g/mol. The highest BCUT2D eigenvalue weighted by Crippen LogP contribution is 2.29. The molecule has 6 nitrogen and oxygen atoms in total. The molecule has 132 valence electrons. The fraction of sp³-hybridized carbons (Fsp3) is 0.250. The first-order valence-electron chi connectivity index (χ1n) is 7.19. The highest BCUT2D eigenvalue weighted by atomic mass is 19.4. The lowest BCUT2D eigenvalue weighted by Gasteiger charge is -2.11. The summed E-state index contributed by atoms with van der Waals surface area (Å²) in [7, 11) is 0. The molecule has 0 fully saturated rings.